The Bertz CT molecular complexity index is 1390. The van der Waals surface area contributed by atoms with Crippen LogP contribution in [0.5, 0.6) is 0 Å². The first-order valence-electron chi connectivity index (χ1n) is 9.66. The van der Waals surface area contributed by atoms with E-state index in [0.717, 1.165) is 27.0 Å². The largest absolute Gasteiger partial charge is 0.298 e. The Hall–Kier alpha value is -3.48. The number of halogens is 1. The number of amides is 1. The van der Waals surface area contributed by atoms with Crippen LogP contribution in [0.2, 0.25) is 5.02 Å². The summed E-state index contributed by atoms with van der Waals surface area (Å²) in [7, 11) is 0. The van der Waals surface area contributed by atoms with Crippen LogP contribution in [0.4, 0.5) is 5.13 Å². The number of thiazole rings is 1. The van der Waals surface area contributed by atoms with Crippen molar-refractivity contribution in [3.8, 4) is 16.9 Å². The number of anilines is 1. The van der Waals surface area contributed by atoms with Crippen LogP contribution in [0.15, 0.2) is 79.0 Å². The Morgan fingerprint density at radius 2 is 1.81 bits per heavy atom. The fourth-order valence-corrected chi connectivity index (χ4v) is 4.41. The lowest BCUT2D eigenvalue weighted by Gasteiger charge is -2.03. The molecule has 5 aromatic rings. The van der Waals surface area contributed by atoms with Gasteiger partial charge in [-0.05, 0) is 48.9 Å². The Balaban J connectivity index is 1.54. The van der Waals surface area contributed by atoms with Crippen molar-refractivity contribution in [1.29, 1.82) is 0 Å². The molecule has 1 N–H and O–H groups in total. The molecule has 0 unspecified atom stereocenters. The van der Waals surface area contributed by atoms with Gasteiger partial charge in [-0.25, -0.2) is 9.67 Å². The number of rotatable bonds is 4. The first-order valence-corrected chi connectivity index (χ1v) is 10.9. The van der Waals surface area contributed by atoms with Gasteiger partial charge < -0.3 is 0 Å². The molecule has 1 amide bonds. The zero-order valence-corrected chi connectivity index (χ0v) is 18.1. The number of carbonyl (C=O) groups excluding carboxylic acids is 1. The van der Waals surface area contributed by atoms with E-state index >= 15 is 0 Å². The molecular weight excluding hydrogens is 428 g/mol. The Kier molecular flexibility index (Phi) is 5.02. The van der Waals surface area contributed by atoms with Crippen molar-refractivity contribution in [2.75, 3.05) is 5.32 Å². The van der Waals surface area contributed by atoms with E-state index in [1.165, 1.54) is 11.3 Å². The van der Waals surface area contributed by atoms with Gasteiger partial charge in [0.25, 0.3) is 5.91 Å². The molecule has 2 heterocycles. The molecule has 5 nitrogen and oxygen atoms in total. The predicted molar refractivity (Wildman–Crippen MR) is 126 cm³/mol. The third-order valence-corrected chi connectivity index (χ3v) is 6.05. The maximum Gasteiger partial charge on any atom is 0.261 e. The van der Waals surface area contributed by atoms with E-state index in [1.807, 2.05) is 61.5 Å². The van der Waals surface area contributed by atoms with Crippen molar-refractivity contribution in [3.63, 3.8) is 0 Å². The summed E-state index contributed by atoms with van der Waals surface area (Å²) >= 11 is 7.50. The fourth-order valence-electron chi connectivity index (χ4n) is 3.32. The fraction of sp³-hybridized carbons (Fsp3) is 0.0417. The quantitative estimate of drug-likeness (QED) is 0.350. The molecule has 7 heteroatoms. The van der Waals surface area contributed by atoms with E-state index in [-0.39, 0.29) is 5.91 Å². The average molecular weight is 445 g/mol. The van der Waals surface area contributed by atoms with Gasteiger partial charge in [0, 0.05) is 16.8 Å². The van der Waals surface area contributed by atoms with Crippen molar-refractivity contribution >= 4 is 44.2 Å². The van der Waals surface area contributed by atoms with E-state index in [2.05, 4.69) is 16.4 Å². The highest BCUT2D eigenvalue weighted by atomic mass is 35.5. The molecule has 0 spiro atoms. The van der Waals surface area contributed by atoms with Crippen LogP contribution in [0.25, 0.3) is 27.2 Å². The average Bonchev–Trinajstić information content (AvgIpc) is 3.39. The third kappa shape index (κ3) is 3.95. The molecule has 2 aromatic heterocycles. The first kappa shape index (κ1) is 19.5. The van der Waals surface area contributed by atoms with E-state index < -0.39 is 0 Å². The van der Waals surface area contributed by atoms with Crippen molar-refractivity contribution in [2.45, 2.75) is 6.92 Å². The number of aromatic nitrogens is 3. The summed E-state index contributed by atoms with van der Waals surface area (Å²) in [5.41, 5.74) is 4.74. The van der Waals surface area contributed by atoms with Gasteiger partial charge in [-0.1, -0.05) is 59.3 Å². The molecule has 0 aliphatic carbocycles. The van der Waals surface area contributed by atoms with Crippen LogP contribution in [0.3, 0.4) is 0 Å². The number of fused-ring (bicyclic) bond motifs is 1. The molecule has 152 valence electrons. The smallest absolute Gasteiger partial charge is 0.261 e. The SMILES string of the molecule is Cc1ccc2nc(NC(=O)c3cn(-c4ccccc4)nc3-c3ccc(Cl)cc3)sc2c1. The van der Waals surface area contributed by atoms with Gasteiger partial charge in [0.05, 0.1) is 21.5 Å². The molecule has 31 heavy (non-hydrogen) atoms. The first-order chi connectivity index (χ1) is 15.1. The van der Waals surface area contributed by atoms with Crippen LogP contribution in [-0.4, -0.2) is 20.7 Å². The Labute approximate surface area is 187 Å². The second-order valence-electron chi connectivity index (χ2n) is 7.12. The zero-order valence-electron chi connectivity index (χ0n) is 16.5. The highest BCUT2D eigenvalue weighted by Crippen LogP contribution is 2.29. The van der Waals surface area contributed by atoms with E-state index in [4.69, 9.17) is 16.7 Å². The van der Waals surface area contributed by atoms with Crippen LogP contribution in [0.1, 0.15) is 15.9 Å². The van der Waals surface area contributed by atoms with Crippen molar-refractivity contribution in [1.82, 2.24) is 14.8 Å². The Morgan fingerprint density at radius 1 is 1.03 bits per heavy atom. The molecule has 3 aromatic carbocycles. The minimum absolute atomic E-state index is 0.261. The van der Waals surface area contributed by atoms with Gasteiger partial charge in [0.2, 0.25) is 0 Å². The van der Waals surface area contributed by atoms with Crippen molar-refractivity contribution in [2.24, 2.45) is 0 Å². The highest BCUT2D eigenvalue weighted by Gasteiger charge is 2.20. The van der Waals surface area contributed by atoms with Crippen LogP contribution in [0, 0.1) is 6.92 Å². The van der Waals surface area contributed by atoms with Gasteiger partial charge in [0.15, 0.2) is 5.13 Å². The normalized spacial score (nSPS) is 11.0. The Morgan fingerprint density at radius 3 is 2.58 bits per heavy atom. The number of nitrogens with zero attached hydrogens (tertiary/aromatic N) is 3. The molecule has 0 saturated carbocycles. The number of hydrogen-bond donors (Lipinski definition) is 1. The van der Waals surface area contributed by atoms with E-state index in [9.17, 15) is 4.79 Å². The number of aryl methyl sites for hydroxylation is 1. The summed E-state index contributed by atoms with van der Waals surface area (Å²) in [6.07, 6.45) is 1.74. The van der Waals surface area contributed by atoms with Gasteiger partial charge in [-0.15, -0.1) is 0 Å². The minimum Gasteiger partial charge on any atom is -0.298 e. The number of nitrogens with one attached hydrogen (secondary N) is 1. The van der Waals surface area contributed by atoms with Gasteiger partial charge >= 0.3 is 0 Å². The minimum atomic E-state index is -0.261. The molecule has 0 atom stereocenters. The third-order valence-electron chi connectivity index (χ3n) is 4.86. The molecule has 0 bridgehead atoms. The molecule has 0 aliphatic rings. The lowest BCUT2D eigenvalue weighted by atomic mass is 10.1. The number of hydrogen-bond acceptors (Lipinski definition) is 4. The van der Waals surface area contributed by atoms with Crippen molar-refractivity contribution in [3.05, 3.63) is 95.1 Å². The van der Waals surface area contributed by atoms with E-state index in [1.54, 1.807) is 23.0 Å². The van der Waals surface area contributed by atoms with Gasteiger partial charge in [0.1, 0.15) is 5.69 Å². The summed E-state index contributed by atoms with van der Waals surface area (Å²) in [5.74, 6) is -0.261. The molecule has 0 radical (unpaired) electrons. The maximum atomic E-state index is 13.2. The lowest BCUT2D eigenvalue weighted by Crippen LogP contribution is -2.12. The standard InChI is InChI=1S/C24H17ClN4OS/c1-15-7-12-20-21(13-15)31-24(26-20)27-23(30)19-14-29(18-5-3-2-4-6-18)28-22(19)16-8-10-17(25)11-9-16/h2-14H,1H3,(H,26,27,30). The monoisotopic (exact) mass is 444 g/mol. The molecule has 0 aliphatic heterocycles. The van der Waals surface area contributed by atoms with Crippen LogP contribution in [-0.2, 0) is 0 Å². The van der Waals surface area contributed by atoms with Gasteiger partial charge in [-0.3, -0.25) is 10.1 Å². The molecular formula is C24H17ClN4OS. The molecule has 5 rings (SSSR count). The van der Waals surface area contributed by atoms with Crippen LogP contribution < -0.4 is 5.32 Å². The zero-order chi connectivity index (χ0) is 21.4. The number of para-hydroxylation sites is 1. The lowest BCUT2D eigenvalue weighted by molar-refractivity contribution is 0.102. The van der Waals surface area contributed by atoms with Crippen molar-refractivity contribution < 1.29 is 4.79 Å². The van der Waals surface area contributed by atoms with Crippen LogP contribution >= 0.6 is 22.9 Å². The summed E-state index contributed by atoms with van der Waals surface area (Å²) in [4.78, 5) is 17.8. The topological polar surface area (TPSA) is 59.8 Å². The summed E-state index contributed by atoms with van der Waals surface area (Å²) in [5, 5.41) is 8.82. The molecule has 0 saturated heterocycles. The highest BCUT2D eigenvalue weighted by molar-refractivity contribution is 7.22. The predicted octanol–water partition coefficient (Wildman–Crippen LogP) is 6.36. The molecule has 0 fully saturated rings. The van der Waals surface area contributed by atoms with Gasteiger partial charge in [-0.2, -0.15) is 5.10 Å². The van der Waals surface area contributed by atoms with E-state index in [0.29, 0.717) is 21.4 Å². The summed E-state index contributed by atoms with van der Waals surface area (Å²) in [6.45, 7) is 2.04. The number of benzene rings is 3. The second kappa shape index (κ2) is 7.98. The summed E-state index contributed by atoms with van der Waals surface area (Å²) < 4.78 is 2.74. The second-order valence-corrected chi connectivity index (χ2v) is 8.59. The number of carbonyl (C=O) groups is 1. The summed E-state index contributed by atoms with van der Waals surface area (Å²) in [6, 6.07) is 23.0. The maximum absolute atomic E-state index is 13.2.